The van der Waals surface area contributed by atoms with Gasteiger partial charge in [0.25, 0.3) is 0 Å². The molecular formula is C16H33N3. The van der Waals surface area contributed by atoms with E-state index in [-0.39, 0.29) is 0 Å². The minimum atomic E-state index is 0.733. The van der Waals surface area contributed by atoms with Crippen molar-refractivity contribution < 1.29 is 0 Å². The standard InChI is InChI=1S/C16H33N3/c1-5-9-17-16-8-12-19(14(3)13(16)2)15-6-10-18(4)11-7-15/h13-17H,5-12H2,1-4H3. The maximum Gasteiger partial charge on any atom is 0.0123 e. The first-order chi connectivity index (χ1) is 9.13. The van der Waals surface area contributed by atoms with Gasteiger partial charge in [-0.2, -0.15) is 0 Å². The summed E-state index contributed by atoms with van der Waals surface area (Å²) in [4.78, 5) is 5.28. The van der Waals surface area contributed by atoms with Gasteiger partial charge in [-0.05, 0) is 65.2 Å². The van der Waals surface area contributed by atoms with Crippen LogP contribution in [0.15, 0.2) is 0 Å². The summed E-state index contributed by atoms with van der Waals surface area (Å²) in [6.45, 7) is 12.2. The fraction of sp³-hybridized carbons (Fsp3) is 1.00. The molecule has 2 aliphatic rings. The van der Waals surface area contributed by atoms with Crippen molar-refractivity contribution in [1.82, 2.24) is 15.1 Å². The van der Waals surface area contributed by atoms with Gasteiger partial charge in [0.15, 0.2) is 0 Å². The first-order valence-corrected chi connectivity index (χ1v) is 8.31. The van der Waals surface area contributed by atoms with E-state index < -0.39 is 0 Å². The van der Waals surface area contributed by atoms with Crippen LogP contribution < -0.4 is 5.32 Å². The Morgan fingerprint density at radius 3 is 2.37 bits per heavy atom. The van der Waals surface area contributed by atoms with Crippen LogP contribution in [0.25, 0.3) is 0 Å². The van der Waals surface area contributed by atoms with Crippen molar-refractivity contribution in [2.24, 2.45) is 5.92 Å². The van der Waals surface area contributed by atoms with Crippen LogP contribution >= 0.6 is 0 Å². The van der Waals surface area contributed by atoms with E-state index in [2.05, 4.69) is 42.9 Å². The molecule has 2 heterocycles. The van der Waals surface area contributed by atoms with Crippen molar-refractivity contribution in [3.63, 3.8) is 0 Å². The average Bonchev–Trinajstić information content (AvgIpc) is 2.42. The Balaban J connectivity index is 1.87. The zero-order valence-corrected chi connectivity index (χ0v) is 13.4. The second-order valence-electron chi connectivity index (χ2n) is 6.72. The van der Waals surface area contributed by atoms with Crippen molar-refractivity contribution in [2.45, 2.75) is 64.6 Å². The van der Waals surface area contributed by atoms with Crippen LogP contribution in [0.4, 0.5) is 0 Å². The number of nitrogens with zero attached hydrogens (tertiary/aromatic N) is 2. The number of rotatable bonds is 4. The Labute approximate surface area is 119 Å². The van der Waals surface area contributed by atoms with Crippen LogP contribution in [0.5, 0.6) is 0 Å². The summed E-state index contributed by atoms with van der Waals surface area (Å²) < 4.78 is 0. The van der Waals surface area contributed by atoms with Crippen LogP contribution in [-0.4, -0.2) is 61.2 Å². The van der Waals surface area contributed by atoms with Crippen molar-refractivity contribution in [1.29, 1.82) is 0 Å². The monoisotopic (exact) mass is 267 g/mol. The molecule has 0 spiro atoms. The number of piperidine rings is 2. The van der Waals surface area contributed by atoms with Gasteiger partial charge in [0.2, 0.25) is 0 Å². The van der Waals surface area contributed by atoms with Gasteiger partial charge in [-0.25, -0.2) is 0 Å². The Kier molecular flexibility index (Phi) is 5.67. The van der Waals surface area contributed by atoms with Crippen LogP contribution in [0.3, 0.4) is 0 Å². The molecule has 0 aromatic rings. The lowest BCUT2D eigenvalue weighted by Gasteiger charge is -2.48. The fourth-order valence-corrected chi connectivity index (χ4v) is 3.85. The molecule has 3 nitrogen and oxygen atoms in total. The van der Waals surface area contributed by atoms with Gasteiger partial charge >= 0.3 is 0 Å². The minimum absolute atomic E-state index is 0.733. The summed E-state index contributed by atoms with van der Waals surface area (Å²) in [5.41, 5.74) is 0. The van der Waals surface area contributed by atoms with Gasteiger partial charge in [0.1, 0.15) is 0 Å². The lowest BCUT2D eigenvalue weighted by Crippen LogP contribution is -2.58. The van der Waals surface area contributed by atoms with Crippen LogP contribution in [-0.2, 0) is 0 Å². The Hall–Kier alpha value is -0.120. The van der Waals surface area contributed by atoms with Crippen LogP contribution in [0.1, 0.15) is 46.5 Å². The molecule has 3 unspecified atom stereocenters. The van der Waals surface area contributed by atoms with Crippen LogP contribution in [0, 0.1) is 5.92 Å². The molecule has 0 aromatic heterocycles. The van der Waals surface area contributed by atoms with E-state index in [1.54, 1.807) is 0 Å². The Morgan fingerprint density at radius 1 is 1.05 bits per heavy atom. The maximum absolute atomic E-state index is 3.75. The molecule has 0 saturated carbocycles. The molecule has 3 atom stereocenters. The van der Waals surface area contributed by atoms with Gasteiger partial charge in [0.05, 0.1) is 0 Å². The SMILES string of the molecule is CCCNC1CCN(C2CCN(C)CC2)C(C)C1C. The van der Waals surface area contributed by atoms with Gasteiger partial charge < -0.3 is 10.2 Å². The van der Waals surface area contributed by atoms with Crippen LogP contribution in [0.2, 0.25) is 0 Å². The molecule has 0 radical (unpaired) electrons. The second-order valence-corrected chi connectivity index (χ2v) is 6.72. The number of hydrogen-bond acceptors (Lipinski definition) is 3. The highest BCUT2D eigenvalue weighted by Gasteiger charge is 2.36. The minimum Gasteiger partial charge on any atom is -0.314 e. The summed E-state index contributed by atoms with van der Waals surface area (Å²) in [5, 5.41) is 3.75. The molecule has 3 heteroatoms. The number of nitrogens with one attached hydrogen (secondary N) is 1. The largest absolute Gasteiger partial charge is 0.314 e. The molecule has 0 amide bonds. The summed E-state index contributed by atoms with van der Waals surface area (Å²) in [6.07, 6.45) is 5.30. The van der Waals surface area contributed by atoms with Gasteiger partial charge in [-0.15, -0.1) is 0 Å². The summed E-state index contributed by atoms with van der Waals surface area (Å²) in [5.74, 6) is 0.778. The first kappa shape index (κ1) is 15.3. The van der Waals surface area contributed by atoms with Gasteiger partial charge in [0, 0.05) is 24.7 Å². The summed E-state index contributed by atoms with van der Waals surface area (Å²) in [7, 11) is 2.25. The Morgan fingerprint density at radius 2 is 1.74 bits per heavy atom. The third-order valence-electron chi connectivity index (χ3n) is 5.43. The zero-order valence-electron chi connectivity index (χ0n) is 13.4. The fourth-order valence-electron chi connectivity index (χ4n) is 3.85. The van der Waals surface area contributed by atoms with Crippen molar-refractivity contribution >= 4 is 0 Å². The van der Waals surface area contributed by atoms with Gasteiger partial charge in [-0.1, -0.05) is 13.8 Å². The maximum atomic E-state index is 3.75. The predicted octanol–water partition coefficient (Wildman–Crippen LogP) is 2.18. The molecule has 112 valence electrons. The van der Waals surface area contributed by atoms with E-state index in [0.717, 1.165) is 24.0 Å². The third-order valence-corrected chi connectivity index (χ3v) is 5.43. The number of hydrogen-bond donors (Lipinski definition) is 1. The van der Waals surface area contributed by atoms with Crippen molar-refractivity contribution in [3.8, 4) is 0 Å². The topological polar surface area (TPSA) is 18.5 Å². The zero-order chi connectivity index (χ0) is 13.8. The highest BCUT2D eigenvalue weighted by Crippen LogP contribution is 2.28. The average molecular weight is 267 g/mol. The molecule has 19 heavy (non-hydrogen) atoms. The number of likely N-dealkylation sites (tertiary alicyclic amines) is 2. The molecule has 2 saturated heterocycles. The summed E-state index contributed by atoms with van der Waals surface area (Å²) in [6, 6.07) is 2.30. The second kappa shape index (κ2) is 7.05. The molecule has 0 aromatic carbocycles. The normalized spacial score (nSPS) is 35.7. The molecule has 2 aliphatic heterocycles. The summed E-state index contributed by atoms with van der Waals surface area (Å²) >= 11 is 0. The van der Waals surface area contributed by atoms with E-state index in [0.29, 0.717) is 0 Å². The van der Waals surface area contributed by atoms with E-state index in [9.17, 15) is 0 Å². The highest BCUT2D eigenvalue weighted by atomic mass is 15.2. The van der Waals surface area contributed by atoms with Crippen molar-refractivity contribution in [2.75, 3.05) is 33.2 Å². The lowest BCUT2D eigenvalue weighted by atomic mass is 9.84. The van der Waals surface area contributed by atoms with E-state index >= 15 is 0 Å². The molecule has 1 N–H and O–H groups in total. The highest BCUT2D eigenvalue weighted by molar-refractivity contribution is 4.92. The van der Waals surface area contributed by atoms with Crippen molar-refractivity contribution in [3.05, 3.63) is 0 Å². The lowest BCUT2D eigenvalue weighted by molar-refractivity contribution is 0.0221. The van der Waals surface area contributed by atoms with E-state index in [1.165, 1.54) is 51.9 Å². The molecule has 0 aliphatic carbocycles. The third kappa shape index (κ3) is 3.71. The first-order valence-electron chi connectivity index (χ1n) is 8.31. The quantitative estimate of drug-likeness (QED) is 0.842. The smallest absolute Gasteiger partial charge is 0.0123 e. The predicted molar refractivity (Wildman–Crippen MR) is 82.5 cm³/mol. The molecule has 2 fully saturated rings. The van der Waals surface area contributed by atoms with E-state index in [4.69, 9.17) is 0 Å². The Bertz CT molecular complexity index is 261. The molecule has 2 rings (SSSR count). The van der Waals surface area contributed by atoms with E-state index in [1.807, 2.05) is 0 Å². The molecule has 0 bridgehead atoms. The molecular weight excluding hydrogens is 234 g/mol. The van der Waals surface area contributed by atoms with Gasteiger partial charge in [-0.3, -0.25) is 4.90 Å².